The fourth-order valence-corrected chi connectivity index (χ4v) is 2.39. The Labute approximate surface area is 141 Å². The molecule has 2 aliphatic carbocycles. The van der Waals surface area contributed by atoms with E-state index < -0.39 is 11.9 Å². The number of methoxy groups -OCH3 is 2. The standard InChI is InChI=1S/C18H22N2O4/c1-23-17(21)15(19-13-9-5-3-6-10-13)16(18(22)24-2)20-14-11-7-4-8-12-14/h3-7,9,11,13,19-20H,8,10,12H2,1-2H3/b16-15+. The molecule has 0 saturated heterocycles. The van der Waals surface area contributed by atoms with Gasteiger partial charge < -0.3 is 20.1 Å². The summed E-state index contributed by atoms with van der Waals surface area (Å²) in [6.45, 7) is 0. The van der Waals surface area contributed by atoms with Crippen LogP contribution < -0.4 is 10.6 Å². The van der Waals surface area contributed by atoms with E-state index in [9.17, 15) is 9.59 Å². The summed E-state index contributed by atoms with van der Waals surface area (Å²) in [5.74, 6) is -1.26. The topological polar surface area (TPSA) is 76.7 Å². The summed E-state index contributed by atoms with van der Waals surface area (Å²) in [7, 11) is 2.55. The van der Waals surface area contributed by atoms with Crippen LogP contribution >= 0.6 is 0 Å². The Morgan fingerprint density at radius 1 is 1.04 bits per heavy atom. The van der Waals surface area contributed by atoms with Crippen molar-refractivity contribution in [3.8, 4) is 0 Å². The van der Waals surface area contributed by atoms with Crippen LogP contribution in [0.1, 0.15) is 19.3 Å². The first-order valence-corrected chi connectivity index (χ1v) is 7.79. The minimum atomic E-state index is -0.631. The van der Waals surface area contributed by atoms with E-state index in [1.807, 2.05) is 42.5 Å². The molecule has 6 nitrogen and oxygen atoms in total. The Kier molecular flexibility index (Phi) is 6.42. The Morgan fingerprint density at radius 2 is 1.79 bits per heavy atom. The summed E-state index contributed by atoms with van der Waals surface area (Å²) >= 11 is 0. The lowest BCUT2D eigenvalue weighted by molar-refractivity contribution is -0.140. The lowest BCUT2D eigenvalue weighted by atomic mass is 10.1. The molecule has 128 valence electrons. The molecule has 0 aromatic rings. The van der Waals surface area contributed by atoms with Crippen molar-refractivity contribution in [1.82, 2.24) is 10.6 Å². The summed E-state index contributed by atoms with van der Waals surface area (Å²) in [5.41, 5.74) is 0.943. The second kappa shape index (κ2) is 8.76. The maximum absolute atomic E-state index is 12.2. The molecule has 0 fully saturated rings. The Hall–Kier alpha value is -2.76. The van der Waals surface area contributed by atoms with Crippen LogP contribution in [0.5, 0.6) is 0 Å². The zero-order chi connectivity index (χ0) is 17.4. The predicted molar refractivity (Wildman–Crippen MR) is 90.5 cm³/mol. The van der Waals surface area contributed by atoms with E-state index in [0.29, 0.717) is 6.42 Å². The van der Waals surface area contributed by atoms with Crippen LogP contribution in [0.25, 0.3) is 0 Å². The summed E-state index contributed by atoms with van der Waals surface area (Å²) < 4.78 is 9.67. The van der Waals surface area contributed by atoms with Gasteiger partial charge in [0.25, 0.3) is 0 Å². The molecule has 6 heteroatoms. The van der Waals surface area contributed by atoms with Gasteiger partial charge in [-0.3, -0.25) is 0 Å². The van der Waals surface area contributed by atoms with Crippen molar-refractivity contribution in [3.05, 3.63) is 59.6 Å². The van der Waals surface area contributed by atoms with Gasteiger partial charge >= 0.3 is 11.9 Å². The van der Waals surface area contributed by atoms with Gasteiger partial charge in [-0.05, 0) is 25.3 Å². The molecule has 0 spiro atoms. The molecule has 1 unspecified atom stereocenters. The SMILES string of the molecule is COC(=O)/C(NC1=CC=CCC1)=C(\NC1C=CC=CC1)C(=O)OC. The molecule has 0 aromatic heterocycles. The van der Waals surface area contributed by atoms with Crippen molar-refractivity contribution in [2.75, 3.05) is 14.2 Å². The quantitative estimate of drug-likeness (QED) is 0.572. The average molecular weight is 330 g/mol. The molecule has 2 N–H and O–H groups in total. The normalized spacial score (nSPS) is 19.9. The Bertz CT molecular complexity index is 641. The summed E-state index contributed by atoms with van der Waals surface area (Å²) in [6.07, 6.45) is 15.8. The smallest absolute Gasteiger partial charge is 0.356 e. The van der Waals surface area contributed by atoms with Gasteiger partial charge in [0.1, 0.15) is 0 Å². The molecule has 24 heavy (non-hydrogen) atoms. The average Bonchev–Trinajstić information content (AvgIpc) is 2.65. The van der Waals surface area contributed by atoms with Crippen LogP contribution in [0.3, 0.4) is 0 Å². The maximum Gasteiger partial charge on any atom is 0.356 e. The van der Waals surface area contributed by atoms with E-state index in [1.54, 1.807) is 0 Å². The maximum atomic E-state index is 12.2. The van der Waals surface area contributed by atoms with Crippen LogP contribution in [0, 0.1) is 0 Å². The van der Waals surface area contributed by atoms with E-state index in [2.05, 4.69) is 10.6 Å². The van der Waals surface area contributed by atoms with Gasteiger partial charge in [0.05, 0.1) is 14.2 Å². The third-order valence-corrected chi connectivity index (χ3v) is 3.64. The number of esters is 2. The summed E-state index contributed by atoms with van der Waals surface area (Å²) in [4.78, 5) is 24.4. The van der Waals surface area contributed by atoms with Gasteiger partial charge in [0.15, 0.2) is 11.4 Å². The third-order valence-electron chi connectivity index (χ3n) is 3.64. The molecule has 0 saturated carbocycles. The van der Waals surface area contributed by atoms with Gasteiger partial charge in [-0.2, -0.15) is 0 Å². The Morgan fingerprint density at radius 3 is 2.38 bits per heavy atom. The number of carbonyl (C=O) groups excluding carboxylic acids is 2. The van der Waals surface area contributed by atoms with Crippen molar-refractivity contribution in [2.24, 2.45) is 0 Å². The number of ether oxygens (including phenoxy) is 2. The van der Waals surface area contributed by atoms with E-state index in [-0.39, 0.29) is 17.4 Å². The molecule has 0 radical (unpaired) electrons. The summed E-state index contributed by atoms with van der Waals surface area (Å²) in [6, 6.07) is -0.106. The first kappa shape index (κ1) is 17.6. The van der Waals surface area contributed by atoms with E-state index >= 15 is 0 Å². The first-order chi connectivity index (χ1) is 11.7. The molecular formula is C18H22N2O4. The number of allylic oxidation sites excluding steroid dienone is 6. The number of rotatable bonds is 6. The molecule has 0 amide bonds. The molecule has 0 bridgehead atoms. The highest BCUT2D eigenvalue weighted by atomic mass is 16.5. The lowest BCUT2D eigenvalue weighted by Gasteiger charge is -2.22. The number of carbonyl (C=O) groups is 2. The fourth-order valence-electron chi connectivity index (χ4n) is 2.39. The molecule has 1 atom stereocenters. The molecule has 2 rings (SSSR count). The third kappa shape index (κ3) is 4.62. The zero-order valence-corrected chi connectivity index (χ0v) is 13.9. The molecule has 2 aliphatic rings. The highest BCUT2D eigenvalue weighted by molar-refractivity contribution is 5.99. The predicted octanol–water partition coefficient (Wildman–Crippen LogP) is 1.84. The van der Waals surface area contributed by atoms with Crippen LogP contribution in [-0.4, -0.2) is 32.2 Å². The van der Waals surface area contributed by atoms with Crippen molar-refractivity contribution >= 4 is 11.9 Å². The second-order valence-electron chi connectivity index (χ2n) is 5.32. The highest BCUT2D eigenvalue weighted by Crippen LogP contribution is 2.15. The monoisotopic (exact) mass is 330 g/mol. The molecule has 0 aromatic carbocycles. The van der Waals surface area contributed by atoms with Gasteiger partial charge in [-0.15, -0.1) is 0 Å². The Balaban J connectivity index is 2.34. The van der Waals surface area contributed by atoms with Crippen molar-refractivity contribution in [2.45, 2.75) is 25.3 Å². The minimum absolute atomic E-state index is 0.0499. The van der Waals surface area contributed by atoms with E-state index in [1.165, 1.54) is 14.2 Å². The number of hydrogen-bond donors (Lipinski definition) is 2. The number of hydrogen-bond acceptors (Lipinski definition) is 6. The van der Waals surface area contributed by atoms with Crippen molar-refractivity contribution in [1.29, 1.82) is 0 Å². The van der Waals surface area contributed by atoms with Crippen molar-refractivity contribution in [3.63, 3.8) is 0 Å². The summed E-state index contributed by atoms with van der Waals surface area (Å²) in [5, 5.41) is 6.09. The number of nitrogens with one attached hydrogen (secondary N) is 2. The van der Waals surface area contributed by atoms with Gasteiger partial charge in [0.2, 0.25) is 0 Å². The first-order valence-electron chi connectivity index (χ1n) is 7.79. The zero-order valence-electron chi connectivity index (χ0n) is 13.9. The molecule has 0 heterocycles. The van der Waals surface area contributed by atoms with Crippen LogP contribution in [0.4, 0.5) is 0 Å². The highest BCUT2D eigenvalue weighted by Gasteiger charge is 2.25. The molecule has 0 aliphatic heterocycles. The minimum Gasteiger partial charge on any atom is -0.464 e. The molecular weight excluding hydrogens is 308 g/mol. The van der Waals surface area contributed by atoms with Gasteiger partial charge in [-0.25, -0.2) is 9.59 Å². The second-order valence-corrected chi connectivity index (χ2v) is 5.32. The van der Waals surface area contributed by atoms with Crippen LogP contribution in [0.2, 0.25) is 0 Å². The van der Waals surface area contributed by atoms with Crippen LogP contribution in [-0.2, 0) is 19.1 Å². The lowest BCUT2D eigenvalue weighted by Crippen LogP contribution is -2.37. The fraction of sp³-hybridized carbons (Fsp3) is 0.333. The largest absolute Gasteiger partial charge is 0.464 e. The van der Waals surface area contributed by atoms with Gasteiger partial charge in [-0.1, -0.05) is 36.5 Å². The van der Waals surface area contributed by atoms with E-state index in [0.717, 1.165) is 18.5 Å². The van der Waals surface area contributed by atoms with Crippen LogP contribution in [0.15, 0.2) is 59.6 Å². The van der Waals surface area contributed by atoms with Gasteiger partial charge in [0, 0.05) is 11.7 Å². The van der Waals surface area contributed by atoms with E-state index in [4.69, 9.17) is 9.47 Å². The van der Waals surface area contributed by atoms with Crippen molar-refractivity contribution < 1.29 is 19.1 Å².